The highest BCUT2D eigenvalue weighted by atomic mass is 16.2. The molecule has 0 saturated carbocycles. The van der Waals surface area contributed by atoms with Crippen molar-refractivity contribution in [1.82, 2.24) is 24.6 Å². The Morgan fingerprint density at radius 1 is 1.33 bits per heavy atom. The minimum atomic E-state index is -0.0471. The first-order chi connectivity index (χ1) is 11.6. The number of anilines is 1. The van der Waals surface area contributed by atoms with Crippen molar-refractivity contribution in [3.8, 4) is 11.1 Å². The molecular formula is C17H22N6O. The van der Waals surface area contributed by atoms with Gasteiger partial charge in [-0.05, 0) is 30.7 Å². The number of nitrogens with zero attached hydrogens (tertiary/aromatic N) is 5. The summed E-state index contributed by atoms with van der Waals surface area (Å²) in [7, 11) is 1.88. The highest BCUT2D eigenvalue weighted by molar-refractivity contribution is 5.89. The lowest BCUT2D eigenvalue weighted by atomic mass is 10.1. The highest BCUT2D eigenvalue weighted by Gasteiger charge is 2.44. The predicted molar refractivity (Wildman–Crippen MR) is 91.6 cm³/mol. The second-order valence-corrected chi connectivity index (χ2v) is 6.55. The summed E-state index contributed by atoms with van der Waals surface area (Å²) in [6, 6.07) is 4.61. The van der Waals surface area contributed by atoms with Crippen molar-refractivity contribution < 1.29 is 4.79 Å². The molecule has 2 bridgehead atoms. The molecule has 1 N–H and O–H groups in total. The number of urea groups is 1. The minimum absolute atomic E-state index is 0.0471. The number of rotatable bonds is 3. The van der Waals surface area contributed by atoms with Gasteiger partial charge < -0.3 is 4.90 Å². The molecule has 2 aromatic rings. The van der Waals surface area contributed by atoms with Gasteiger partial charge in [0.15, 0.2) is 0 Å². The van der Waals surface area contributed by atoms with Crippen LogP contribution in [0.4, 0.5) is 10.6 Å². The van der Waals surface area contributed by atoms with Gasteiger partial charge in [-0.25, -0.2) is 9.78 Å². The molecule has 2 aromatic heterocycles. The predicted octanol–water partition coefficient (Wildman–Crippen LogP) is 1.79. The number of nitrogens with one attached hydrogen (secondary N) is 1. The summed E-state index contributed by atoms with van der Waals surface area (Å²) in [6.07, 6.45) is 6.55. The molecule has 4 rings (SSSR count). The second kappa shape index (κ2) is 5.90. The molecule has 0 aromatic carbocycles. The number of pyridine rings is 1. The monoisotopic (exact) mass is 326 g/mol. The van der Waals surface area contributed by atoms with Crippen molar-refractivity contribution in [1.29, 1.82) is 0 Å². The number of fused-ring (bicyclic) bond motifs is 2. The molecule has 126 valence electrons. The largest absolute Gasteiger partial charge is 0.323 e. The van der Waals surface area contributed by atoms with E-state index in [1.807, 2.05) is 30.3 Å². The maximum atomic E-state index is 12.6. The molecule has 0 aliphatic carbocycles. The lowest BCUT2D eigenvalue weighted by molar-refractivity contribution is 0.148. The van der Waals surface area contributed by atoms with Crippen LogP contribution in [0.5, 0.6) is 0 Å². The number of aryl methyl sites for hydroxylation is 1. The maximum absolute atomic E-state index is 12.6. The molecule has 2 atom stereocenters. The molecule has 2 aliphatic heterocycles. The third-order valence-electron chi connectivity index (χ3n) is 5.05. The van der Waals surface area contributed by atoms with Crippen LogP contribution < -0.4 is 5.32 Å². The highest BCUT2D eigenvalue weighted by Crippen LogP contribution is 2.30. The first-order valence-electron chi connectivity index (χ1n) is 8.41. The third-order valence-corrected chi connectivity index (χ3v) is 5.05. The van der Waals surface area contributed by atoms with Crippen molar-refractivity contribution >= 4 is 11.8 Å². The quantitative estimate of drug-likeness (QED) is 0.934. The van der Waals surface area contributed by atoms with Gasteiger partial charge in [0.25, 0.3) is 0 Å². The molecule has 7 nitrogen and oxygen atoms in total. The number of hydrogen-bond acceptors (Lipinski definition) is 4. The van der Waals surface area contributed by atoms with Crippen LogP contribution in [-0.2, 0) is 7.05 Å². The summed E-state index contributed by atoms with van der Waals surface area (Å²) >= 11 is 0. The van der Waals surface area contributed by atoms with Crippen molar-refractivity contribution in [2.24, 2.45) is 7.05 Å². The van der Waals surface area contributed by atoms with Gasteiger partial charge in [0.05, 0.1) is 6.20 Å². The molecule has 0 spiro atoms. The third kappa shape index (κ3) is 2.65. The standard InChI is InChI=1S/C17H22N6O/c1-3-22-10-15-7-14(22)11-23(15)17(24)20-16-6-12(4-5-18-16)13-8-19-21(2)9-13/h4-6,8-9,14-15H,3,7,10-11H2,1-2H3,(H,18,20,24)/t14-,15-/m1/s1. The molecule has 0 unspecified atom stereocenters. The van der Waals surface area contributed by atoms with E-state index in [0.29, 0.717) is 17.9 Å². The number of piperazine rings is 1. The smallest absolute Gasteiger partial charge is 0.319 e. The van der Waals surface area contributed by atoms with Gasteiger partial charge in [0.1, 0.15) is 5.82 Å². The first-order valence-corrected chi connectivity index (χ1v) is 8.41. The first kappa shape index (κ1) is 15.1. The average Bonchev–Trinajstić information content (AvgIpc) is 3.29. The zero-order valence-corrected chi connectivity index (χ0v) is 14.0. The Kier molecular flexibility index (Phi) is 3.72. The lowest BCUT2D eigenvalue weighted by Crippen LogP contribution is -2.49. The minimum Gasteiger partial charge on any atom is -0.319 e. The van der Waals surface area contributed by atoms with E-state index in [1.165, 1.54) is 0 Å². The molecule has 7 heteroatoms. The van der Waals surface area contributed by atoms with Crippen LogP contribution in [0.25, 0.3) is 11.1 Å². The van der Waals surface area contributed by atoms with Crippen LogP contribution >= 0.6 is 0 Å². The maximum Gasteiger partial charge on any atom is 0.323 e. The van der Waals surface area contributed by atoms with Gasteiger partial charge in [-0.2, -0.15) is 5.10 Å². The molecule has 2 saturated heterocycles. The van der Waals surface area contributed by atoms with Crippen molar-refractivity contribution in [3.05, 3.63) is 30.7 Å². The summed E-state index contributed by atoms with van der Waals surface area (Å²) in [5.41, 5.74) is 2.00. The Bertz CT molecular complexity index is 757. The fourth-order valence-corrected chi connectivity index (χ4v) is 3.82. The Hall–Kier alpha value is -2.41. The Labute approximate surface area is 141 Å². The van der Waals surface area contributed by atoms with E-state index in [2.05, 4.69) is 27.2 Å². The number of carbonyl (C=O) groups is 1. The van der Waals surface area contributed by atoms with E-state index in [-0.39, 0.29) is 6.03 Å². The number of likely N-dealkylation sites (N-methyl/N-ethyl adjacent to an activating group) is 1. The van der Waals surface area contributed by atoms with Crippen LogP contribution in [-0.4, -0.2) is 62.3 Å². The van der Waals surface area contributed by atoms with Crippen LogP contribution in [0.15, 0.2) is 30.7 Å². The SMILES string of the molecule is CCN1C[C@H]2C[C@@H]1CN2C(=O)Nc1cc(-c2cnn(C)c2)ccn1. The average molecular weight is 326 g/mol. The molecular weight excluding hydrogens is 304 g/mol. The fraction of sp³-hybridized carbons (Fsp3) is 0.471. The van der Waals surface area contributed by atoms with Crippen LogP contribution in [0.3, 0.4) is 0 Å². The normalized spacial score (nSPS) is 23.0. The van der Waals surface area contributed by atoms with Crippen molar-refractivity contribution in [2.75, 3.05) is 25.0 Å². The number of aromatic nitrogens is 3. The van der Waals surface area contributed by atoms with E-state index < -0.39 is 0 Å². The summed E-state index contributed by atoms with van der Waals surface area (Å²) in [6.45, 7) is 5.04. The van der Waals surface area contributed by atoms with Crippen LogP contribution in [0, 0.1) is 0 Å². The van der Waals surface area contributed by atoms with Gasteiger partial charge in [0, 0.05) is 50.2 Å². The van der Waals surface area contributed by atoms with E-state index in [0.717, 1.165) is 37.2 Å². The van der Waals surface area contributed by atoms with Gasteiger partial charge in [0.2, 0.25) is 0 Å². The van der Waals surface area contributed by atoms with Crippen LogP contribution in [0.1, 0.15) is 13.3 Å². The van der Waals surface area contributed by atoms with E-state index >= 15 is 0 Å². The second-order valence-electron chi connectivity index (χ2n) is 6.55. The molecule has 2 fully saturated rings. The van der Waals surface area contributed by atoms with Crippen molar-refractivity contribution in [3.63, 3.8) is 0 Å². The topological polar surface area (TPSA) is 66.3 Å². The van der Waals surface area contributed by atoms with Gasteiger partial charge in [-0.1, -0.05) is 6.92 Å². The molecule has 0 radical (unpaired) electrons. The summed E-state index contributed by atoms with van der Waals surface area (Å²) in [5, 5.41) is 7.13. The summed E-state index contributed by atoms with van der Waals surface area (Å²) in [4.78, 5) is 21.3. The van der Waals surface area contributed by atoms with Crippen molar-refractivity contribution in [2.45, 2.75) is 25.4 Å². The van der Waals surface area contributed by atoms with Crippen LogP contribution in [0.2, 0.25) is 0 Å². The Balaban J connectivity index is 1.45. The summed E-state index contributed by atoms with van der Waals surface area (Å²) in [5.74, 6) is 0.580. The zero-order chi connectivity index (χ0) is 16.7. The Morgan fingerprint density at radius 3 is 2.88 bits per heavy atom. The fourth-order valence-electron chi connectivity index (χ4n) is 3.82. The number of likely N-dealkylation sites (tertiary alicyclic amines) is 2. The van der Waals surface area contributed by atoms with E-state index in [4.69, 9.17) is 0 Å². The van der Waals surface area contributed by atoms with Gasteiger partial charge >= 0.3 is 6.03 Å². The number of hydrogen-bond donors (Lipinski definition) is 1. The number of carbonyl (C=O) groups excluding carboxylic acids is 1. The van der Waals surface area contributed by atoms with E-state index in [1.54, 1.807) is 17.1 Å². The van der Waals surface area contributed by atoms with Gasteiger partial charge in [-0.3, -0.25) is 14.9 Å². The number of amides is 2. The Morgan fingerprint density at radius 2 is 2.21 bits per heavy atom. The zero-order valence-electron chi connectivity index (χ0n) is 14.0. The lowest BCUT2D eigenvalue weighted by Gasteiger charge is -2.33. The molecule has 24 heavy (non-hydrogen) atoms. The van der Waals surface area contributed by atoms with Gasteiger partial charge in [-0.15, -0.1) is 0 Å². The molecule has 4 heterocycles. The molecule has 2 amide bonds. The summed E-state index contributed by atoms with van der Waals surface area (Å²) < 4.78 is 1.76. The van der Waals surface area contributed by atoms with E-state index in [9.17, 15) is 4.79 Å². The molecule has 2 aliphatic rings.